The molecule has 24 heavy (non-hydrogen) atoms. The zero-order valence-electron chi connectivity index (χ0n) is 13.9. The number of benzene rings is 1. The van der Waals surface area contributed by atoms with Crippen LogP contribution in [0.25, 0.3) is 0 Å². The Morgan fingerprint density at radius 1 is 1.25 bits per heavy atom. The lowest BCUT2D eigenvalue weighted by Crippen LogP contribution is -2.38. The first-order valence-corrected chi connectivity index (χ1v) is 7.98. The fourth-order valence-electron chi connectivity index (χ4n) is 3.58. The second-order valence-electron chi connectivity index (χ2n) is 7.06. The van der Waals surface area contributed by atoms with E-state index in [4.69, 9.17) is 0 Å². The molecule has 2 amide bonds. The van der Waals surface area contributed by atoms with Gasteiger partial charge >= 0.3 is 0 Å². The molecular weight excluding hydrogens is 316 g/mol. The van der Waals surface area contributed by atoms with Crippen LogP contribution in [0.15, 0.2) is 18.2 Å². The predicted octanol–water partition coefficient (Wildman–Crippen LogP) is 1.48. The molecule has 0 aliphatic carbocycles. The van der Waals surface area contributed by atoms with Crippen LogP contribution in [-0.2, 0) is 9.59 Å². The van der Waals surface area contributed by atoms with E-state index < -0.39 is 11.6 Å². The summed E-state index contributed by atoms with van der Waals surface area (Å²) in [7, 11) is 3.68. The van der Waals surface area contributed by atoms with E-state index >= 15 is 0 Å². The molecule has 1 atom stereocenters. The number of hydrogen-bond donors (Lipinski definition) is 0. The highest BCUT2D eigenvalue weighted by Crippen LogP contribution is 2.42. The Kier molecular flexibility index (Phi) is 4.29. The van der Waals surface area contributed by atoms with Gasteiger partial charge in [0.25, 0.3) is 0 Å². The number of likely N-dealkylation sites (tertiary alicyclic amines) is 1. The molecule has 0 saturated carbocycles. The van der Waals surface area contributed by atoms with E-state index in [1.807, 2.05) is 19.0 Å². The fourth-order valence-corrected chi connectivity index (χ4v) is 3.58. The zero-order chi connectivity index (χ0) is 17.5. The normalized spacial score (nSPS) is 23.8. The lowest BCUT2D eigenvalue weighted by molar-refractivity contribution is -0.131. The number of nitrogens with zero attached hydrogens (tertiary/aromatic N) is 3. The molecular formula is C17H21F2N3O2. The van der Waals surface area contributed by atoms with Gasteiger partial charge in [0, 0.05) is 43.2 Å². The van der Waals surface area contributed by atoms with Crippen LogP contribution in [0.2, 0.25) is 0 Å². The van der Waals surface area contributed by atoms with Gasteiger partial charge in [-0.3, -0.25) is 9.59 Å². The van der Waals surface area contributed by atoms with Gasteiger partial charge in [0.05, 0.1) is 6.54 Å². The molecule has 2 aliphatic rings. The molecule has 1 spiro atoms. The summed E-state index contributed by atoms with van der Waals surface area (Å²) in [5, 5.41) is 0. The van der Waals surface area contributed by atoms with E-state index in [9.17, 15) is 18.4 Å². The van der Waals surface area contributed by atoms with Gasteiger partial charge in [0.1, 0.15) is 0 Å². The molecule has 1 aromatic rings. The highest BCUT2D eigenvalue weighted by atomic mass is 19.2. The van der Waals surface area contributed by atoms with Gasteiger partial charge in [0.15, 0.2) is 11.6 Å². The van der Waals surface area contributed by atoms with Gasteiger partial charge in [-0.15, -0.1) is 0 Å². The summed E-state index contributed by atoms with van der Waals surface area (Å²) in [5.41, 5.74) is 0.0815. The van der Waals surface area contributed by atoms with Crippen LogP contribution in [-0.4, -0.2) is 61.9 Å². The molecule has 2 aliphatic heterocycles. The molecule has 2 heterocycles. The lowest BCUT2D eigenvalue weighted by atomic mass is 9.86. The van der Waals surface area contributed by atoms with Crippen LogP contribution in [0.1, 0.15) is 12.8 Å². The highest BCUT2D eigenvalue weighted by molar-refractivity contribution is 5.96. The number of hydrogen-bond acceptors (Lipinski definition) is 3. The van der Waals surface area contributed by atoms with Crippen molar-refractivity contribution in [3.05, 3.63) is 29.8 Å². The molecule has 7 heteroatoms. The first-order chi connectivity index (χ1) is 11.3. The lowest BCUT2D eigenvalue weighted by Gasteiger charge is -2.25. The fraction of sp³-hybridized carbons (Fsp3) is 0.529. The second kappa shape index (κ2) is 6.12. The molecule has 0 radical (unpaired) electrons. The third-order valence-electron chi connectivity index (χ3n) is 4.78. The van der Waals surface area contributed by atoms with Gasteiger partial charge in [-0.05, 0) is 32.6 Å². The Morgan fingerprint density at radius 2 is 2.00 bits per heavy atom. The molecule has 130 valence electrons. The Hall–Kier alpha value is -2.02. The van der Waals surface area contributed by atoms with Crippen LogP contribution in [0.4, 0.5) is 14.5 Å². The number of anilines is 1. The maximum atomic E-state index is 13.4. The Morgan fingerprint density at radius 3 is 2.67 bits per heavy atom. The summed E-state index contributed by atoms with van der Waals surface area (Å²) in [5.74, 6) is -1.95. The van der Waals surface area contributed by atoms with Crippen molar-refractivity contribution >= 4 is 17.5 Å². The molecule has 0 bridgehead atoms. The molecule has 0 N–H and O–H groups in total. The quantitative estimate of drug-likeness (QED) is 0.839. The van der Waals surface area contributed by atoms with E-state index in [1.54, 1.807) is 4.90 Å². The summed E-state index contributed by atoms with van der Waals surface area (Å²) >= 11 is 0. The average molecular weight is 337 g/mol. The predicted molar refractivity (Wildman–Crippen MR) is 85.5 cm³/mol. The minimum absolute atomic E-state index is 0.0515. The first kappa shape index (κ1) is 16.8. The van der Waals surface area contributed by atoms with Crippen molar-refractivity contribution in [2.75, 3.05) is 45.2 Å². The van der Waals surface area contributed by atoms with Crippen LogP contribution in [0.5, 0.6) is 0 Å². The van der Waals surface area contributed by atoms with Gasteiger partial charge < -0.3 is 14.7 Å². The first-order valence-electron chi connectivity index (χ1n) is 7.98. The summed E-state index contributed by atoms with van der Waals surface area (Å²) in [4.78, 5) is 29.7. The molecule has 1 aromatic carbocycles. The molecule has 1 unspecified atom stereocenters. The van der Waals surface area contributed by atoms with Gasteiger partial charge in [-0.2, -0.15) is 0 Å². The van der Waals surface area contributed by atoms with Crippen molar-refractivity contribution < 1.29 is 18.4 Å². The van der Waals surface area contributed by atoms with Crippen molar-refractivity contribution in [3.8, 4) is 0 Å². The van der Waals surface area contributed by atoms with Crippen molar-refractivity contribution in [2.24, 2.45) is 5.41 Å². The number of rotatable bonds is 3. The molecule has 3 rings (SSSR count). The van der Waals surface area contributed by atoms with E-state index in [0.29, 0.717) is 38.3 Å². The third kappa shape index (κ3) is 3.13. The van der Waals surface area contributed by atoms with E-state index in [1.165, 1.54) is 11.0 Å². The van der Waals surface area contributed by atoms with Gasteiger partial charge in [-0.25, -0.2) is 8.78 Å². The monoisotopic (exact) mass is 337 g/mol. The van der Waals surface area contributed by atoms with Crippen molar-refractivity contribution in [1.29, 1.82) is 0 Å². The summed E-state index contributed by atoms with van der Waals surface area (Å²) in [6, 6.07) is 3.50. The van der Waals surface area contributed by atoms with Crippen LogP contribution >= 0.6 is 0 Å². The van der Waals surface area contributed by atoms with Crippen LogP contribution in [0, 0.1) is 17.0 Å². The topological polar surface area (TPSA) is 43.9 Å². The van der Waals surface area contributed by atoms with E-state index in [2.05, 4.69) is 0 Å². The molecule has 5 nitrogen and oxygen atoms in total. The van der Waals surface area contributed by atoms with Crippen LogP contribution < -0.4 is 4.90 Å². The summed E-state index contributed by atoms with van der Waals surface area (Å²) < 4.78 is 26.5. The Bertz CT molecular complexity index is 680. The smallest absolute Gasteiger partial charge is 0.236 e. The number of carbonyl (C=O) groups is 2. The van der Waals surface area contributed by atoms with Crippen molar-refractivity contribution in [3.63, 3.8) is 0 Å². The maximum Gasteiger partial charge on any atom is 0.236 e. The largest absolute Gasteiger partial charge is 0.341 e. The standard InChI is InChI=1S/C17H21F2N3O2/c1-20(2)9-16(24)21-6-5-17(10-21)8-15(23)22(11-17)12-3-4-13(18)14(19)7-12/h3-4,7H,5-6,8-11H2,1-2H3. The maximum absolute atomic E-state index is 13.4. The molecule has 0 aromatic heterocycles. The molecule has 2 fully saturated rings. The zero-order valence-corrected chi connectivity index (χ0v) is 13.9. The highest BCUT2D eigenvalue weighted by Gasteiger charge is 2.48. The number of amides is 2. The Labute approximate surface area is 139 Å². The number of halogens is 2. The molecule has 2 saturated heterocycles. The minimum Gasteiger partial charge on any atom is -0.341 e. The van der Waals surface area contributed by atoms with E-state index in [0.717, 1.165) is 18.6 Å². The minimum atomic E-state index is -0.963. The van der Waals surface area contributed by atoms with Crippen molar-refractivity contribution in [2.45, 2.75) is 12.8 Å². The Balaban J connectivity index is 1.73. The SMILES string of the molecule is CN(C)CC(=O)N1CCC2(CC(=O)N(c3ccc(F)c(F)c3)C2)C1. The second-order valence-corrected chi connectivity index (χ2v) is 7.06. The van der Waals surface area contributed by atoms with Crippen molar-refractivity contribution in [1.82, 2.24) is 9.80 Å². The third-order valence-corrected chi connectivity index (χ3v) is 4.78. The number of carbonyl (C=O) groups excluding carboxylic acids is 2. The van der Waals surface area contributed by atoms with Gasteiger partial charge in [0.2, 0.25) is 11.8 Å². The van der Waals surface area contributed by atoms with E-state index in [-0.39, 0.29) is 17.2 Å². The average Bonchev–Trinajstić information content (AvgIpc) is 3.05. The number of likely N-dealkylation sites (N-methyl/N-ethyl adjacent to an activating group) is 1. The van der Waals surface area contributed by atoms with Crippen LogP contribution in [0.3, 0.4) is 0 Å². The summed E-state index contributed by atoms with van der Waals surface area (Å²) in [6.07, 6.45) is 1.08. The van der Waals surface area contributed by atoms with Gasteiger partial charge in [-0.1, -0.05) is 0 Å². The summed E-state index contributed by atoms with van der Waals surface area (Å²) in [6.45, 7) is 1.94.